The van der Waals surface area contributed by atoms with E-state index < -0.39 is 0 Å². The third-order valence-corrected chi connectivity index (χ3v) is 4.15. The number of hydrogen-bond acceptors (Lipinski definition) is 2. The summed E-state index contributed by atoms with van der Waals surface area (Å²) in [5.74, 6) is 1.66. The first-order chi connectivity index (χ1) is 9.14. The van der Waals surface area contributed by atoms with Crippen LogP contribution in [0, 0.1) is 11.3 Å². The lowest BCUT2D eigenvalue weighted by atomic mass is 9.91. The maximum Gasteiger partial charge on any atom is 0.128 e. The second-order valence-corrected chi connectivity index (χ2v) is 6.41. The van der Waals surface area contributed by atoms with Gasteiger partial charge in [-0.05, 0) is 54.9 Å². The Hall–Kier alpha value is -1.57. The molecule has 1 heterocycles. The normalized spacial score (nSPS) is 21.7. The molecule has 2 heteroatoms. The fraction of sp³-hybridized carbons (Fsp3) is 0.471. The second kappa shape index (κ2) is 4.84. The molecule has 1 saturated carbocycles. The summed E-state index contributed by atoms with van der Waals surface area (Å²) < 4.78 is 6.06. The highest BCUT2D eigenvalue weighted by molar-refractivity contribution is 5.84. The van der Waals surface area contributed by atoms with Gasteiger partial charge in [-0.1, -0.05) is 19.9 Å². The lowest BCUT2D eigenvalue weighted by Crippen LogP contribution is -2.11. The molecule has 0 spiro atoms. The minimum atomic E-state index is 0.494. The number of pyridine rings is 1. The molecule has 0 aliphatic heterocycles. The molecule has 1 aliphatic carbocycles. The number of nitrogens with zero attached hydrogens (tertiary/aromatic N) is 1. The summed E-state index contributed by atoms with van der Waals surface area (Å²) >= 11 is 0. The fourth-order valence-corrected chi connectivity index (χ4v) is 3.13. The molecule has 19 heavy (non-hydrogen) atoms. The Labute approximate surface area is 114 Å². The van der Waals surface area contributed by atoms with Gasteiger partial charge in [0.1, 0.15) is 5.75 Å². The van der Waals surface area contributed by atoms with Crippen LogP contribution in [0.2, 0.25) is 0 Å². The second-order valence-electron chi connectivity index (χ2n) is 6.41. The Kier molecular flexibility index (Phi) is 3.17. The Morgan fingerprint density at radius 3 is 2.95 bits per heavy atom. The molecule has 1 aromatic carbocycles. The summed E-state index contributed by atoms with van der Waals surface area (Å²) in [6, 6.07) is 10.1. The minimum Gasteiger partial charge on any atom is -0.493 e. The van der Waals surface area contributed by atoms with Crippen molar-refractivity contribution in [1.29, 1.82) is 0 Å². The van der Waals surface area contributed by atoms with Crippen molar-refractivity contribution in [3.63, 3.8) is 0 Å². The molecule has 1 fully saturated rings. The van der Waals surface area contributed by atoms with Crippen LogP contribution in [-0.4, -0.2) is 11.6 Å². The molecule has 2 nitrogen and oxygen atoms in total. The van der Waals surface area contributed by atoms with Gasteiger partial charge >= 0.3 is 0 Å². The lowest BCUT2D eigenvalue weighted by Gasteiger charge is -2.17. The monoisotopic (exact) mass is 255 g/mol. The molecule has 0 saturated heterocycles. The fourth-order valence-electron chi connectivity index (χ4n) is 3.13. The summed E-state index contributed by atoms with van der Waals surface area (Å²) in [5.41, 5.74) is 1.50. The Morgan fingerprint density at radius 1 is 1.26 bits per heavy atom. The summed E-state index contributed by atoms with van der Waals surface area (Å²) in [6.45, 7) is 5.54. The summed E-state index contributed by atoms with van der Waals surface area (Å²) in [6.07, 6.45) is 5.70. The van der Waals surface area contributed by atoms with Crippen LogP contribution in [0.25, 0.3) is 10.9 Å². The van der Waals surface area contributed by atoms with Crippen LogP contribution in [0.15, 0.2) is 36.5 Å². The molecule has 1 aliphatic rings. The molecule has 1 unspecified atom stereocenters. The van der Waals surface area contributed by atoms with Crippen LogP contribution in [0.3, 0.4) is 0 Å². The number of fused-ring (bicyclic) bond motifs is 1. The van der Waals surface area contributed by atoms with Crippen LogP contribution in [0.1, 0.15) is 33.1 Å². The van der Waals surface area contributed by atoms with Gasteiger partial charge in [0, 0.05) is 11.6 Å². The van der Waals surface area contributed by atoms with Crippen LogP contribution in [0.4, 0.5) is 0 Å². The van der Waals surface area contributed by atoms with Gasteiger partial charge in [0.05, 0.1) is 12.1 Å². The molecular weight excluding hydrogens is 234 g/mol. The van der Waals surface area contributed by atoms with E-state index in [1.54, 1.807) is 0 Å². The van der Waals surface area contributed by atoms with E-state index in [1.807, 2.05) is 30.5 Å². The van der Waals surface area contributed by atoms with Crippen LogP contribution >= 0.6 is 0 Å². The Balaban J connectivity index is 1.72. The molecule has 0 amide bonds. The first-order valence-corrected chi connectivity index (χ1v) is 7.11. The zero-order valence-corrected chi connectivity index (χ0v) is 11.7. The highest BCUT2D eigenvalue weighted by Crippen LogP contribution is 2.41. The maximum absolute atomic E-state index is 6.06. The Morgan fingerprint density at radius 2 is 2.16 bits per heavy atom. The van der Waals surface area contributed by atoms with Crippen molar-refractivity contribution in [2.45, 2.75) is 33.1 Å². The average Bonchev–Trinajstić information content (AvgIpc) is 2.76. The quantitative estimate of drug-likeness (QED) is 0.809. The van der Waals surface area contributed by atoms with E-state index >= 15 is 0 Å². The smallest absolute Gasteiger partial charge is 0.128 e. The predicted molar refractivity (Wildman–Crippen MR) is 78.4 cm³/mol. The average molecular weight is 255 g/mol. The molecule has 0 N–H and O–H groups in total. The van der Waals surface area contributed by atoms with Crippen LogP contribution < -0.4 is 4.74 Å². The maximum atomic E-state index is 6.06. The summed E-state index contributed by atoms with van der Waals surface area (Å²) in [4.78, 5) is 4.36. The molecule has 1 atom stereocenters. The highest BCUT2D eigenvalue weighted by Gasteiger charge is 2.31. The van der Waals surface area contributed by atoms with E-state index in [1.165, 1.54) is 19.3 Å². The zero-order valence-electron chi connectivity index (χ0n) is 11.7. The number of benzene rings is 1. The van der Waals surface area contributed by atoms with Gasteiger partial charge in [-0.25, -0.2) is 0 Å². The van der Waals surface area contributed by atoms with Crippen molar-refractivity contribution >= 4 is 10.9 Å². The number of rotatable bonds is 3. The van der Waals surface area contributed by atoms with Gasteiger partial charge in [-0.2, -0.15) is 0 Å². The van der Waals surface area contributed by atoms with E-state index in [4.69, 9.17) is 4.74 Å². The van der Waals surface area contributed by atoms with E-state index in [2.05, 4.69) is 24.9 Å². The molecule has 100 valence electrons. The molecule has 0 radical (unpaired) electrons. The number of ether oxygens (including phenoxy) is 1. The summed E-state index contributed by atoms with van der Waals surface area (Å²) in [7, 11) is 0. The SMILES string of the molecule is CC1(C)CCC(COc2cccc3ncccc23)C1. The van der Waals surface area contributed by atoms with Gasteiger partial charge in [0.2, 0.25) is 0 Å². The van der Waals surface area contributed by atoms with Crippen molar-refractivity contribution in [1.82, 2.24) is 4.98 Å². The first kappa shape index (κ1) is 12.5. The summed E-state index contributed by atoms with van der Waals surface area (Å²) in [5, 5.41) is 1.11. The van der Waals surface area contributed by atoms with Gasteiger partial charge in [0.25, 0.3) is 0 Å². The van der Waals surface area contributed by atoms with E-state index in [9.17, 15) is 0 Å². The Bertz CT molecular complexity index is 571. The standard InChI is InChI=1S/C17H21NO/c1-17(2)9-8-13(11-17)12-19-16-7-3-6-15-14(16)5-4-10-18-15/h3-7,10,13H,8-9,11-12H2,1-2H3. The van der Waals surface area contributed by atoms with Gasteiger partial charge in [-0.3, -0.25) is 4.98 Å². The van der Waals surface area contributed by atoms with E-state index in [0.29, 0.717) is 11.3 Å². The van der Waals surface area contributed by atoms with E-state index in [0.717, 1.165) is 23.3 Å². The van der Waals surface area contributed by atoms with E-state index in [-0.39, 0.29) is 0 Å². The molecule has 3 rings (SSSR count). The van der Waals surface area contributed by atoms with Gasteiger partial charge in [0.15, 0.2) is 0 Å². The van der Waals surface area contributed by atoms with Gasteiger partial charge < -0.3 is 4.74 Å². The predicted octanol–water partition coefficient (Wildman–Crippen LogP) is 4.44. The zero-order chi connectivity index (χ0) is 13.3. The number of aromatic nitrogens is 1. The lowest BCUT2D eigenvalue weighted by molar-refractivity contribution is 0.240. The number of hydrogen-bond donors (Lipinski definition) is 0. The molecule has 1 aromatic heterocycles. The molecular formula is C17H21NO. The van der Waals surface area contributed by atoms with Crippen molar-refractivity contribution in [3.05, 3.63) is 36.5 Å². The van der Waals surface area contributed by atoms with Crippen molar-refractivity contribution in [3.8, 4) is 5.75 Å². The first-order valence-electron chi connectivity index (χ1n) is 7.11. The van der Waals surface area contributed by atoms with Crippen LogP contribution in [0.5, 0.6) is 5.75 Å². The van der Waals surface area contributed by atoms with Gasteiger partial charge in [-0.15, -0.1) is 0 Å². The topological polar surface area (TPSA) is 22.1 Å². The molecule has 0 bridgehead atoms. The third-order valence-electron chi connectivity index (χ3n) is 4.15. The third kappa shape index (κ3) is 2.73. The van der Waals surface area contributed by atoms with Crippen molar-refractivity contribution < 1.29 is 4.74 Å². The van der Waals surface area contributed by atoms with Crippen LogP contribution in [-0.2, 0) is 0 Å². The molecule has 2 aromatic rings. The van der Waals surface area contributed by atoms with Crippen molar-refractivity contribution in [2.24, 2.45) is 11.3 Å². The minimum absolute atomic E-state index is 0.494. The highest BCUT2D eigenvalue weighted by atomic mass is 16.5. The van der Waals surface area contributed by atoms with Crippen molar-refractivity contribution in [2.75, 3.05) is 6.61 Å². The largest absolute Gasteiger partial charge is 0.493 e.